The van der Waals surface area contributed by atoms with Gasteiger partial charge in [0.15, 0.2) is 0 Å². The molecule has 1 heterocycles. The van der Waals surface area contributed by atoms with Crippen LogP contribution < -0.4 is 0 Å². The largest absolute Gasteiger partial charge is 0.385 e. The fourth-order valence-electron chi connectivity index (χ4n) is 2.22. The van der Waals surface area contributed by atoms with E-state index in [1.54, 1.807) is 11.3 Å². The van der Waals surface area contributed by atoms with Crippen molar-refractivity contribution < 1.29 is 9.84 Å². The molecule has 1 aromatic heterocycles. The third kappa shape index (κ3) is 3.54. The Hall–Kier alpha value is -0.380. The predicted molar refractivity (Wildman–Crippen MR) is 71.6 cm³/mol. The Morgan fingerprint density at radius 1 is 1.29 bits per heavy atom. The lowest BCUT2D eigenvalue weighted by Gasteiger charge is -2.11. The van der Waals surface area contributed by atoms with E-state index >= 15 is 0 Å². The Morgan fingerprint density at radius 3 is 2.82 bits per heavy atom. The average Bonchev–Trinajstić information content (AvgIpc) is 2.58. The van der Waals surface area contributed by atoms with Gasteiger partial charge in [-0.05, 0) is 51.2 Å². The monoisotopic (exact) mass is 254 g/mol. The zero-order valence-corrected chi connectivity index (χ0v) is 11.6. The summed E-state index contributed by atoms with van der Waals surface area (Å²) in [5.41, 5.74) is 1.46. The van der Waals surface area contributed by atoms with Crippen LogP contribution in [0.15, 0.2) is 6.07 Å². The number of hydrogen-bond donors (Lipinski definition) is 1. The molecule has 1 atom stereocenters. The molecule has 0 saturated heterocycles. The summed E-state index contributed by atoms with van der Waals surface area (Å²) < 4.78 is 5.47. The first-order valence-electron chi connectivity index (χ1n) is 6.58. The van der Waals surface area contributed by atoms with Gasteiger partial charge in [-0.2, -0.15) is 0 Å². The van der Waals surface area contributed by atoms with Crippen LogP contribution in [-0.2, 0) is 17.6 Å². The van der Waals surface area contributed by atoms with Gasteiger partial charge in [0.05, 0.1) is 12.7 Å². The van der Waals surface area contributed by atoms with Gasteiger partial charge in [-0.1, -0.05) is 6.42 Å². The molecule has 0 spiro atoms. The van der Waals surface area contributed by atoms with Crippen LogP contribution in [0.2, 0.25) is 0 Å². The molecule has 0 aromatic carbocycles. The molecule has 2 rings (SSSR count). The van der Waals surface area contributed by atoms with Crippen molar-refractivity contribution in [2.24, 2.45) is 0 Å². The maximum atomic E-state index is 10.1. The minimum absolute atomic E-state index is 0.183. The van der Waals surface area contributed by atoms with Crippen LogP contribution in [0.3, 0.4) is 0 Å². The van der Waals surface area contributed by atoms with Gasteiger partial charge in [-0.3, -0.25) is 0 Å². The average molecular weight is 254 g/mol. The predicted octanol–water partition coefficient (Wildman–Crippen LogP) is 3.48. The fraction of sp³-hybridized carbons (Fsp3) is 0.714. The molecule has 3 heteroatoms. The summed E-state index contributed by atoms with van der Waals surface area (Å²) in [7, 11) is 0. The molecule has 17 heavy (non-hydrogen) atoms. The molecule has 0 amide bonds. The van der Waals surface area contributed by atoms with Gasteiger partial charge in [-0.25, -0.2) is 0 Å². The first kappa shape index (κ1) is 13.1. The molecule has 1 aliphatic rings. The molecule has 0 fully saturated rings. The molecule has 1 aliphatic carbocycles. The number of thiophene rings is 1. The van der Waals surface area contributed by atoms with E-state index in [0.717, 1.165) is 4.88 Å². The quantitative estimate of drug-likeness (QED) is 0.834. The zero-order chi connectivity index (χ0) is 12.3. The lowest BCUT2D eigenvalue weighted by atomic mass is 10.1. The third-order valence-electron chi connectivity index (χ3n) is 3.18. The first-order valence-corrected chi connectivity index (χ1v) is 7.39. The van der Waals surface area contributed by atoms with E-state index in [2.05, 4.69) is 6.07 Å². The van der Waals surface area contributed by atoms with E-state index in [1.165, 1.54) is 42.5 Å². The van der Waals surface area contributed by atoms with E-state index < -0.39 is 6.10 Å². The van der Waals surface area contributed by atoms with Gasteiger partial charge in [0, 0.05) is 9.75 Å². The van der Waals surface area contributed by atoms with Gasteiger partial charge >= 0.3 is 0 Å². The minimum Gasteiger partial charge on any atom is -0.385 e. The smallest absolute Gasteiger partial charge is 0.111 e. The molecule has 1 aromatic rings. The Labute approximate surface area is 108 Å². The summed E-state index contributed by atoms with van der Waals surface area (Å²) in [6.45, 7) is 4.41. The van der Waals surface area contributed by atoms with Crippen molar-refractivity contribution in [1.29, 1.82) is 0 Å². The maximum absolute atomic E-state index is 10.1. The number of hydrogen-bond acceptors (Lipinski definition) is 3. The molecule has 0 aliphatic heterocycles. The van der Waals surface area contributed by atoms with E-state index in [9.17, 15) is 5.11 Å². The van der Waals surface area contributed by atoms with E-state index in [0.29, 0.717) is 6.61 Å². The Kier molecular flexibility index (Phi) is 4.60. The number of fused-ring (bicyclic) bond motifs is 1. The van der Waals surface area contributed by atoms with Gasteiger partial charge in [0.1, 0.15) is 6.10 Å². The lowest BCUT2D eigenvalue weighted by molar-refractivity contribution is 0.00632. The van der Waals surface area contributed by atoms with Crippen molar-refractivity contribution in [2.75, 3.05) is 6.61 Å². The highest BCUT2D eigenvalue weighted by atomic mass is 32.1. The zero-order valence-electron chi connectivity index (χ0n) is 10.7. The van der Waals surface area contributed by atoms with Crippen LogP contribution in [0, 0.1) is 0 Å². The van der Waals surface area contributed by atoms with Crippen LogP contribution >= 0.6 is 11.3 Å². The van der Waals surface area contributed by atoms with E-state index in [-0.39, 0.29) is 6.10 Å². The van der Waals surface area contributed by atoms with Crippen LogP contribution in [-0.4, -0.2) is 17.8 Å². The Bertz CT molecular complexity index is 334. The Morgan fingerprint density at radius 2 is 2.06 bits per heavy atom. The highest BCUT2D eigenvalue weighted by Gasteiger charge is 2.17. The van der Waals surface area contributed by atoms with Gasteiger partial charge in [0.25, 0.3) is 0 Å². The summed E-state index contributed by atoms with van der Waals surface area (Å²) in [5.74, 6) is 0. The van der Waals surface area contributed by atoms with Crippen molar-refractivity contribution >= 4 is 11.3 Å². The van der Waals surface area contributed by atoms with Crippen LogP contribution in [0.1, 0.15) is 54.5 Å². The summed E-state index contributed by atoms with van der Waals surface area (Å²) in [5, 5.41) is 10.1. The van der Waals surface area contributed by atoms with Crippen LogP contribution in [0.4, 0.5) is 0 Å². The van der Waals surface area contributed by atoms with Crippen molar-refractivity contribution in [1.82, 2.24) is 0 Å². The number of aliphatic hydroxyl groups is 1. The molecule has 0 saturated carbocycles. The highest BCUT2D eigenvalue weighted by molar-refractivity contribution is 7.12. The minimum atomic E-state index is -0.450. The number of rotatable bonds is 4. The second-order valence-corrected chi connectivity index (χ2v) is 6.22. The fourth-order valence-corrected chi connectivity index (χ4v) is 3.45. The van der Waals surface area contributed by atoms with E-state index in [4.69, 9.17) is 4.74 Å². The highest BCUT2D eigenvalue weighted by Crippen LogP contribution is 2.32. The first-order chi connectivity index (χ1) is 8.16. The van der Waals surface area contributed by atoms with Crippen molar-refractivity contribution in [2.45, 2.75) is 58.2 Å². The Balaban J connectivity index is 2.01. The van der Waals surface area contributed by atoms with Crippen molar-refractivity contribution in [3.63, 3.8) is 0 Å². The SMILES string of the molecule is CC(C)OCC(O)c1cc2c(s1)CCCCC2. The normalized spacial score (nSPS) is 17.9. The number of aryl methyl sites for hydroxylation is 2. The molecular formula is C14H22O2S. The third-order valence-corrected chi connectivity index (χ3v) is 4.52. The van der Waals surface area contributed by atoms with Crippen LogP contribution in [0.5, 0.6) is 0 Å². The second-order valence-electron chi connectivity index (χ2n) is 5.06. The van der Waals surface area contributed by atoms with E-state index in [1.807, 2.05) is 13.8 Å². The van der Waals surface area contributed by atoms with Crippen molar-refractivity contribution in [3.8, 4) is 0 Å². The summed E-state index contributed by atoms with van der Waals surface area (Å²) >= 11 is 1.78. The summed E-state index contributed by atoms with van der Waals surface area (Å²) in [6, 6.07) is 2.19. The molecule has 1 unspecified atom stereocenters. The van der Waals surface area contributed by atoms with Crippen LogP contribution in [0.25, 0.3) is 0 Å². The number of aliphatic hydroxyl groups excluding tert-OH is 1. The molecule has 2 nitrogen and oxygen atoms in total. The summed E-state index contributed by atoms with van der Waals surface area (Å²) in [4.78, 5) is 2.57. The standard InChI is InChI=1S/C14H22O2S/c1-10(2)16-9-12(15)14-8-11-6-4-3-5-7-13(11)17-14/h8,10,12,15H,3-7,9H2,1-2H3. The van der Waals surface area contributed by atoms with Gasteiger partial charge in [0.2, 0.25) is 0 Å². The maximum Gasteiger partial charge on any atom is 0.111 e. The number of ether oxygens (including phenoxy) is 1. The summed E-state index contributed by atoms with van der Waals surface area (Å²) in [6.07, 6.45) is 6.04. The van der Waals surface area contributed by atoms with Gasteiger partial charge in [-0.15, -0.1) is 11.3 Å². The molecule has 0 bridgehead atoms. The molecule has 96 valence electrons. The second kappa shape index (κ2) is 5.98. The lowest BCUT2D eigenvalue weighted by Crippen LogP contribution is -2.10. The topological polar surface area (TPSA) is 29.5 Å². The molecule has 1 N–H and O–H groups in total. The molecular weight excluding hydrogens is 232 g/mol. The van der Waals surface area contributed by atoms with Gasteiger partial charge < -0.3 is 9.84 Å². The van der Waals surface area contributed by atoms with Crippen molar-refractivity contribution in [3.05, 3.63) is 21.4 Å². The molecule has 0 radical (unpaired) electrons.